The molecule has 3 heteroatoms. The van der Waals surface area contributed by atoms with Crippen LogP contribution in [0.15, 0.2) is 41.5 Å². The first-order valence-corrected chi connectivity index (χ1v) is 5.85. The van der Waals surface area contributed by atoms with Crippen LogP contribution in [-0.2, 0) is 11.3 Å². The molecule has 0 saturated carbocycles. The molecule has 1 aliphatic rings. The van der Waals surface area contributed by atoms with Crippen LogP contribution in [0.5, 0.6) is 0 Å². The van der Waals surface area contributed by atoms with Crippen LogP contribution in [0, 0.1) is 0 Å². The number of carbonyl (C=O) groups is 1. The monoisotopic (exact) mass is 231 g/mol. The molecular weight excluding hydrogens is 214 g/mol. The highest BCUT2D eigenvalue weighted by atomic mass is 16.4. The molecule has 90 valence electrons. The minimum absolute atomic E-state index is 0.514. The van der Waals surface area contributed by atoms with Crippen molar-refractivity contribution in [3.63, 3.8) is 0 Å². The number of likely N-dealkylation sites (tertiary alicyclic amines) is 1. The highest BCUT2D eigenvalue weighted by Gasteiger charge is 2.20. The van der Waals surface area contributed by atoms with Gasteiger partial charge in [0.15, 0.2) is 0 Å². The van der Waals surface area contributed by atoms with E-state index in [-0.39, 0.29) is 0 Å². The van der Waals surface area contributed by atoms with E-state index in [1.807, 2.05) is 18.2 Å². The van der Waals surface area contributed by atoms with Crippen LogP contribution >= 0.6 is 0 Å². The lowest BCUT2D eigenvalue weighted by Gasteiger charge is -2.14. The lowest BCUT2D eigenvalue weighted by Crippen LogP contribution is -2.19. The normalized spacial score (nSPS) is 19.4. The quantitative estimate of drug-likeness (QED) is 0.811. The van der Waals surface area contributed by atoms with Gasteiger partial charge in [0.05, 0.1) is 0 Å². The number of nitrogens with zero attached hydrogens (tertiary/aromatic N) is 1. The number of carboxylic acid groups (broad SMARTS) is 1. The van der Waals surface area contributed by atoms with E-state index in [4.69, 9.17) is 5.11 Å². The van der Waals surface area contributed by atoms with Crippen molar-refractivity contribution < 1.29 is 9.90 Å². The summed E-state index contributed by atoms with van der Waals surface area (Å²) in [5.74, 6) is -0.790. The Balaban J connectivity index is 2.00. The van der Waals surface area contributed by atoms with E-state index in [2.05, 4.69) is 17.0 Å². The third-order valence-corrected chi connectivity index (χ3v) is 3.24. The molecule has 0 aromatic heterocycles. The van der Waals surface area contributed by atoms with Gasteiger partial charge in [0.1, 0.15) is 0 Å². The molecule has 0 radical (unpaired) electrons. The van der Waals surface area contributed by atoms with Crippen molar-refractivity contribution in [1.29, 1.82) is 0 Å². The van der Waals surface area contributed by atoms with Crippen LogP contribution in [0.3, 0.4) is 0 Å². The third kappa shape index (κ3) is 2.94. The summed E-state index contributed by atoms with van der Waals surface area (Å²) in [6.45, 7) is 4.34. The molecule has 0 unspecified atom stereocenters. The Bertz CT molecular complexity index is 437. The molecule has 0 spiro atoms. The summed E-state index contributed by atoms with van der Waals surface area (Å²) in [5, 5.41) is 8.94. The first-order valence-electron chi connectivity index (χ1n) is 5.85. The fourth-order valence-corrected chi connectivity index (χ4v) is 2.15. The highest BCUT2D eigenvalue weighted by molar-refractivity contribution is 5.87. The van der Waals surface area contributed by atoms with Crippen molar-refractivity contribution in [2.24, 2.45) is 0 Å². The van der Waals surface area contributed by atoms with Crippen molar-refractivity contribution in [3.05, 3.63) is 47.0 Å². The van der Waals surface area contributed by atoms with E-state index >= 15 is 0 Å². The second-order valence-electron chi connectivity index (χ2n) is 4.48. The number of hydrogen-bond acceptors (Lipinski definition) is 2. The predicted octanol–water partition coefficient (Wildman–Crippen LogP) is 2.29. The molecule has 1 fully saturated rings. The minimum atomic E-state index is -0.790. The zero-order valence-corrected chi connectivity index (χ0v) is 10.0. The first kappa shape index (κ1) is 11.9. The van der Waals surface area contributed by atoms with Gasteiger partial charge in [-0.05, 0) is 24.5 Å². The lowest BCUT2D eigenvalue weighted by molar-refractivity contribution is -0.132. The smallest absolute Gasteiger partial charge is 0.331 e. The summed E-state index contributed by atoms with van der Waals surface area (Å²) >= 11 is 0. The van der Waals surface area contributed by atoms with Gasteiger partial charge in [-0.2, -0.15) is 0 Å². The summed E-state index contributed by atoms with van der Waals surface area (Å²) in [5.41, 5.74) is 2.86. The third-order valence-electron chi connectivity index (χ3n) is 3.24. The molecule has 1 aromatic rings. The molecule has 0 aliphatic carbocycles. The Morgan fingerprint density at radius 1 is 1.35 bits per heavy atom. The Labute approximate surface area is 101 Å². The molecule has 1 N–H and O–H groups in total. The molecule has 3 nitrogen and oxygen atoms in total. The molecule has 17 heavy (non-hydrogen) atoms. The maximum atomic E-state index is 10.9. The molecule has 2 rings (SSSR count). The van der Waals surface area contributed by atoms with E-state index in [9.17, 15) is 4.79 Å². The van der Waals surface area contributed by atoms with Crippen LogP contribution in [-0.4, -0.2) is 29.1 Å². The molecule has 0 atom stereocenters. The highest BCUT2D eigenvalue weighted by Crippen LogP contribution is 2.20. The molecule has 1 heterocycles. The molecule has 0 amide bonds. The summed E-state index contributed by atoms with van der Waals surface area (Å²) < 4.78 is 0. The van der Waals surface area contributed by atoms with Gasteiger partial charge < -0.3 is 5.11 Å². The zero-order chi connectivity index (χ0) is 12.3. The Hall–Kier alpha value is -1.61. The van der Waals surface area contributed by atoms with E-state index < -0.39 is 5.97 Å². The SMILES string of the molecule is CC(C(=O)O)=C1CCN(Cc2ccccc2)C1. The Kier molecular flexibility index (Phi) is 3.59. The predicted molar refractivity (Wildman–Crippen MR) is 66.7 cm³/mol. The Morgan fingerprint density at radius 3 is 2.71 bits per heavy atom. The molecule has 1 aromatic carbocycles. The van der Waals surface area contributed by atoms with Gasteiger partial charge in [-0.25, -0.2) is 4.79 Å². The second-order valence-corrected chi connectivity index (χ2v) is 4.48. The topological polar surface area (TPSA) is 40.5 Å². The van der Waals surface area contributed by atoms with Gasteiger partial charge in [0.25, 0.3) is 0 Å². The molecule has 1 aliphatic heterocycles. The van der Waals surface area contributed by atoms with Gasteiger partial charge in [0, 0.05) is 25.2 Å². The maximum absolute atomic E-state index is 10.9. The molecule has 0 bridgehead atoms. The van der Waals surface area contributed by atoms with Crippen molar-refractivity contribution in [2.45, 2.75) is 19.9 Å². The van der Waals surface area contributed by atoms with E-state index in [1.165, 1.54) is 5.56 Å². The fourth-order valence-electron chi connectivity index (χ4n) is 2.15. The Morgan fingerprint density at radius 2 is 2.06 bits per heavy atom. The number of rotatable bonds is 3. The average molecular weight is 231 g/mol. The van der Waals surface area contributed by atoms with Crippen LogP contribution in [0.1, 0.15) is 18.9 Å². The summed E-state index contributed by atoms with van der Waals surface area (Å²) in [6.07, 6.45) is 0.880. The van der Waals surface area contributed by atoms with Crippen LogP contribution < -0.4 is 0 Å². The average Bonchev–Trinajstić information content (AvgIpc) is 2.77. The van der Waals surface area contributed by atoms with Gasteiger partial charge in [-0.1, -0.05) is 30.3 Å². The standard InChI is InChI=1S/C14H17NO2/c1-11(14(16)17)13-7-8-15(10-13)9-12-5-3-2-4-6-12/h2-6H,7-10H2,1H3,(H,16,17). The number of benzene rings is 1. The number of aliphatic carboxylic acids is 1. The van der Waals surface area contributed by atoms with Gasteiger partial charge >= 0.3 is 5.97 Å². The van der Waals surface area contributed by atoms with Crippen molar-refractivity contribution >= 4 is 5.97 Å². The summed E-state index contributed by atoms with van der Waals surface area (Å²) in [6, 6.07) is 10.3. The van der Waals surface area contributed by atoms with Crippen molar-refractivity contribution in [1.82, 2.24) is 4.90 Å². The summed E-state index contributed by atoms with van der Waals surface area (Å²) in [7, 11) is 0. The maximum Gasteiger partial charge on any atom is 0.331 e. The largest absolute Gasteiger partial charge is 0.478 e. The number of carboxylic acids is 1. The van der Waals surface area contributed by atoms with Gasteiger partial charge in [-0.3, -0.25) is 4.90 Å². The van der Waals surface area contributed by atoms with E-state index in [0.717, 1.165) is 31.6 Å². The van der Waals surface area contributed by atoms with Gasteiger partial charge in [0.2, 0.25) is 0 Å². The fraction of sp³-hybridized carbons (Fsp3) is 0.357. The minimum Gasteiger partial charge on any atom is -0.478 e. The summed E-state index contributed by atoms with van der Waals surface area (Å²) in [4.78, 5) is 13.2. The molecular formula is C14H17NO2. The molecule has 1 saturated heterocycles. The second kappa shape index (κ2) is 5.15. The van der Waals surface area contributed by atoms with Crippen molar-refractivity contribution in [3.8, 4) is 0 Å². The van der Waals surface area contributed by atoms with Gasteiger partial charge in [-0.15, -0.1) is 0 Å². The first-order chi connectivity index (χ1) is 8.16. The van der Waals surface area contributed by atoms with Crippen LogP contribution in [0.4, 0.5) is 0 Å². The van der Waals surface area contributed by atoms with Crippen LogP contribution in [0.25, 0.3) is 0 Å². The van der Waals surface area contributed by atoms with E-state index in [0.29, 0.717) is 5.57 Å². The van der Waals surface area contributed by atoms with E-state index in [1.54, 1.807) is 6.92 Å². The number of hydrogen-bond donors (Lipinski definition) is 1. The van der Waals surface area contributed by atoms with Crippen LogP contribution in [0.2, 0.25) is 0 Å². The van der Waals surface area contributed by atoms with Crippen molar-refractivity contribution in [2.75, 3.05) is 13.1 Å². The lowest BCUT2D eigenvalue weighted by atomic mass is 10.1. The zero-order valence-electron chi connectivity index (χ0n) is 10.0.